The third-order valence-electron chi connectivity index (χ3n) is 6.49. The maximum atomic E-state index is 13.5. The number of alkyl halides is 6. The van der Waals surface area contributed by atoms with Crippen LogP contribution in [-0.4, -0.2) is 74.6 Å². The van der Waals surface area contributed by atoms with Crippen LogP contribution in [0.25, 0.3) is 11.1 Å². The van der Waals surface area contributed by atoms with Gasteiger partial charge in [0.05, 0.1) is 17.7 Å². The molecule has 236 valence electrons. The quantitative estimate of drug-likeness (QED) is 0.202. The lowest BCUT2D eigenvalue weighted by Gasteiger charge is -2.25. The predicted octanol–water partition coefficient (Wildman–Crippen LogP) is 5.80. The number of aldehydes is 1. The summed E-state index contributed by atoms with van der Waals surface area (Å²) in [7, 11) is 3.00. The molecule has 0 radical (unpaired) electrons. The summed E-state index contributed by atoms with van der Waals surface area (Å²) in [6, 6.07) is 12.6. The number of aryl methyl sites for hydroxylation is 1. The third kappa shape index (κ3) is 9.12. The molecule has 0 spiro atoms. The largest absolute Gasteiger partial charge is 0.573 e. The van der Waals surface area contributed by atoms with Crippen molar-refractivity contribution in [1.82, 2.24) is 9.80 Å². The van der Waals surface area contributed by atoms with Gasteiger partial charge in [-0.1, -0.05) is 18.2 Å². The van der Waals surface area contributed by atoms with Gasteiger partial charge in [-0.25, -0.2) is 0 Å². The zero-order valence-electron chi connectivity index (χ0n) is 23.9. The van der Waals surface area contributed by atoms with E-state index in [2.05, 4.69) is 10.1 Å². The van der Waals surface area contributed by atoms with Crippen molar-refractivity contribution >= 4 is 23.8 Å². The van der Waals surface area contributed by atoms with Crippen molar-refractivity contribution in [3.05, 3.63) is 77.4 Å². The van der Waals surface area contributed by atoms with E-state index < -0.39 is 42.3 Å². The number of rotatable bonds is 12. The van der Waals surface area contributed by atoms with E-state index >= 15 is 0 Å². The summed E-state index contributed by atoms with van der Waals surface area (Å²) in [6.45, 7) is 0.624. The van der Waals surface area contributed by atoms with Gasteiger partial charge in [0, 0.05) is 32.9 Å². The van der Waals surface area contributed by atoms with Crippen LogP contribution in [0.4, 0.5) is 32.0 Å². The van der Waals surface area contributed by atoms with Gasteiger partial charge in [0.15, 0.2) is 6.61 Å². The molecule has 0 aliphatic carbocycles. The van der Waals surface area contributed by atoms with Crippen molar-refractivity contribution in [2.24, 2.45) is 0 Å². The number of likely N-dealkylation sites (N-methyl/N-ethyl adjacent to an activating group) is 1. The SMILES string of the molecule is CNc1ccc(-c2cccc(C(F)(F)F)c2)cc1C(=O)N(CC=O)CCN(C)C(=O)COc1ccc(OC(F)(F)F)cc1C. The standard InChI is InChI=1S/C30H29F6N3O5/c1-19-15-23(44-30(34,35)36)8-10-26(19)43-18-27(41)38(3)11-12-39(13-14-40)28(42)24-17-21(7-9-25(24)37-2)20-5-4-6-22(16-20)29(31,32)33/h4-10,14-17,37H,11-13,18H2,1-3H3. The topological polar surface area (TPSA) is 88.2 Å². The lowest BCUT2D eigenvalue weighted by Crippen LogP contribution is -2.41. The number of nitrogens with one attached hydrogen (secondary N) is 1. The Balaban J connectivity index is 1.69. The van der Waals surface area contributed by atoms with E-state index in [9.17, 15) is 40.7 Å². The lowest BCUT2D eigenvalue weighted by atomic mass is 9.99. The number of amides is 2. The van der Waals surface area contributed by atoms with Gasteiger partial charge < -0.3 is 29.4 Å². The molecule has 0 saturated carbocycles. The van der Waals surface area contributed by atoms with Crippen LogP contribution in [0.15, 0.2) is 60.7 Å². The van der Waals surface area contributed by atoms with Crippen molar-refractivity contribution in [2.75, 3.05) is 45.7 Å². The third-order valence-corrected chi connectivity index (χ3v) is 6.49. The van der Waals surface area contributed by atoms with E-state index in [0.717, 1.165) is 24.3 Å². The Labute approximate surface area is 249 Å². The first-order valence-electron chi connectivity index (χ1n) is 13.1. The average molecular weight is 626 g/mol. The summed E-state index contributed by atoms with van der Waals surface area (Å²) >= 11 is 0. The Morgan fingerprint density at radius 3 is 2.25 bits per heavy atom. The summed E-state index contributed by atoms with van der Waals surface area (Å²) in [5, 5.41) is 2.86. The van der Waals surface area contributed by atoms with Crippen molar-refractivity contribution in [3.8, 4) is 22.6 Å². The van der Waals surface area contributed by atoms with Gasteiger partial charge in [0.2, 0.25) is 0 Å². The number of benzene rings is 3. The average Bonchev–Trinajstić information content (AvgIpc) is 2.96. The maximum Gasteiger partial charge on any atom is 0.573 e. The van der Waals surface area contributed by atoms with Gasteiger partial charge in [-0.2, -0.15) is 13.2 Å². The second-order valence-corrected chi connectivity index (χ2v) is 9.59. The van der Waals surface area contributed by atoms with Crippen LogP contribution in [-0.2, 0) is 15.8 Å². The molecule has 0 bridgehead atoms. The molecule has 0 aromatic heterocycles. The van der Waals surface area contributed by atoms with Crippen LogP contribution in [0.1, 0.15) is 21.5 Å². The molecule has 3 aromatic rings. The molecule has 0 saturated heterocycles. The fourth-order valence-corrected chi connectivity index (χ4v) is 4.16. The van der Waals surface area contributed by atoms with Crippen molar-refractivity contribution < 1.29 is 50.2 Å². The monoisotopic (exact) mass is 625 g/mol. The number of halogens is 6. The first-order chi connectivity index (χ1) is 20.6. The van der Waals surface area contributed by atoms with Gasteiger partial charge in [0.25, 0.3) is 11.8 Å². The lowest BCUT2D eigenvalue weighted by molar-refractivity contribution is -0.274. The van der Waals surface area contributed by atoms with Crippen LogP contribution in [0.2, 0.25) is 0 Å². The Morgan fingerprint density at radius 2 is 1.64 bits per heavy atom. The highest BCUT2D eigenvalue weighted by Gasteiger charge is 2.32. The summed E-state index contributed by atoms with van der Waals surface area (Å²) in [5.74, 6) is -1.38. The molecular formula is C30H29F6N3O5. The minimum atomic E-state index is -4.85. The molecule has 0 aliphatic heterocycles. The Kier molecular flexibility index (Phi) is 10.9. The van der Waals surface area contributed by atoms with Crippen LogP contribution in [0.3, 0.4) is 0 Å². The Bertz CT molecular complexity index is 1490. The predicted molar refractivity (Wildman–Crippen MR) is 149 cm³/mol. The molecule has 0 unspecified atom stereocenters. The molecule has 3 rings (SSSR count). The summed E-state index contributed by atoms with van der Waals surface area (Å²) in [4.78, 5) is 40.0. The molecule has 0 heterocycles. The first-order valence-corrected chi connectivity index (χ1v) is 13.1. The summed E-state index contributed by atoms with van der Waals surface area (Å²) in [5.41, 5.74) is 0.528. The summed E-state index contributed by atoms with van der Waals surface area (Å²) in [6.07, 6.45) is -8.90. The molecule has 44 heavy (non-hydrogen) atoms. The molecule has 1 N–H and O–H groups in total. The van der Waals surface area contributed by atoms with E-state index in [1.807, 2.05) is 0 Å². The molecule has 0 aliphatic rings. The highest BCUT2D eigenvalue weighted by Crippen LogP contribution is 2.33. The zero-order valence-corrected chi connectivity index (χ0v) is 23.9. The number of hydrogen-bond acceptors (Lipinski definition) is 6. The van der Waals surface area contributed by atoms with Gasteiger partial charge in [-0.15, -0.1) is 13.2 Å². The minimum Gasteiger partial charge on any atom is -0.483 e. The molecule has 0 fully saturated rings. The van der Waals surface area contributed by atoms with Crippen LogP contribution in [0.5, 0.6) is 11.5 Å². The molecule has 3 aromatic carbocycles. The van der Waals surface area contributed by atoms with E-state index in [1.54, 1.807) is 19.2 Å². The first kappa shape index (κ1) is 33.7. The van der Waals surface area contributed by atoms with E-state index in [4.69, 9.17) is 4.74 Å². The maximum absolute atomic E-state index is 13.5. The number of hydrogen-bond donors (Lipinski definition) is 1. The second-order valence-electron chi connectivity index (χ2n) is 9.59. The van der Waals surface area contributed by atoms with Gasteiger partial charge in [0.1, 0.15) is 17.8 Å². The van der Waals surface area contributed by atoms with Crippen molar-refractivity contribution in [2.45, 2.75) is 19.5 Å². The van der Waals surface area contributed by atoms with Crippen LogP contribution in [0, 0.1) is 6.92 Å². The smallest absolute Gasteiger partial charge is 0.483 e. The molecule has 8 nitrogen and oxygen atoms in total. The number of nitrogens with zero attached hydrogens (tertiary/aromatic N) is 2. The Hall–Kier alpha value is -4.75. The second kappa shape index (κ2) is 14.1. The fourth-order valence-electron chi connectivity index (χ4n) is 4.16. The summed E-state index contributed by atoms with van der Waals surface area (Å²) < 4.78 is 86.3. The highest BCUT2D eigenvalue weighted by atomic mass is 19.4. The van der Waals surface area contributed by atoms with Crippen LogP contribution >= 0.6 is 0 Å². The van der Waals surface area contributed by atoms with Gasteiger partial charge >= 0.3 is 12.5 Å². The van der Waals surface area contributed by atoms with E-state index in [1.165, 1.54) is 48.0 Å². The fraction of sp³-hybridized carbons (Fsp3) is 0.300. The minimum absolute atomic E-state index is 0.0126. The number of carbonyl (C=O) groups is 3. The molecule has 14 heteroatoms. The normalized spacial score (nSPS) is 11.5. The highest BCUT2D eigenvalue weighted by molar-refractivity contribution is 6.01. The molecule has 2 amide bonds. The van der Waals surface area contributed by atoms with E-state index in [-0.39, 0.29) is 36.5 Å². The number of carbonyl (C=O) groups excluding carboxylic acids is 3. The van der Waals surface area contributed by atoms with Crippen LogP contribution < -0.4 is 14.8 Å². The van der Waals surface area contributed by atoms with Crippen molar-refractivity contribution in [3.63, 3.8) is 0 Å². The number of anilines is 1. The van der Waals surface area contributed by atoms with Crippen molar-refractivity contribution in [1.29, 1.82) is 0 Å². The molecular weight excluding hydrogens is 596 g/mol. The number of ether oxygens (including phenoxy) is 2. The van der Waals surface area contributed by atoms with Gasteiger partial charge in [-0.3, -0.25) is 9.59 Å². The van der Waals surface area contributed by atoms with E-state index in [0.29, 0.717) is 23.1 Å². The molecule has 0 atom stereocenters. The zero-order chi connectivity index (χ0) is 32.7. The van der Waals surface area contributed by atoms with Gasteiger partial charge in [-0.05, 0) is 66.1 Å². The Morgan fingerprint density at radius 1 is 0.932 bits per heavy atom.